The van der Waals surface area contributed by atoms with Crippen molar-refractivity contribution in [1.82, 2.24) is 9.62 Å². The van der Waals surface area contributed by atoms with Crippen molar-refractivity contribution in [1.29, 1.82) is 0 Å². The molecule has 1 amide bonds. The summed E-state index contributed by atoms with van der Waals surface area (Å²) in [5.41, 5.74) is 4.23. The lowest BCUT2D eigenvalue weighted by molar-refractivity contribution is -0.126. The average Bonchev–Trinajstić information content (AvgIpc) is 2.67. The van der Waals surface area contributed by atoms with Crippen LogP contribution in [0.1, 0.15) is 48.1 Å². The molecule has 5 nitrogen and oxygen atoms in total. The Bertz CT molecular complexity index is 1010. The lowest BCUT2D eigenvalue weighted by atomic mass is 9.95. The normalized spacial score (nSPS) is 16.9. The standard InChI is InChI=1S/C23H29BrN2O3S/c1-16-7-8-22(17(2)13-16)18(3)25-23(27)20-9-11-26(12-10-20)30(28,29)15-19-5-4-6-21(24)14-19/h4-8,13-14,18,20H,9-12,15H2,1-3H3,(H,25,27). The summed E-state index contributed by atoms with van der Waals surface area (Å²) in [5, 5.41) is 3.11. The molecule has 0 spiro atoms. The Kier molecular flexibility index (Phi) is 7.37. The molecule has 2 aromatic carbocycles. The van der Waals surface area contributed by atoms with Crippen molar-refractivity contribution in [3.8, 4) is 0 Å². The van der Waals surface area contributed by atoms with Gasteiger partial charge < -0.3 is 5.32 Å². The van der Waals surface area contributed by atoms with Gasteiger partial charge in [0, 0.05) is 23.5 Å². The van der Waals surface area contributed by atoms with Gasteiger partial charge in [0.15, 0.2) is 0 Å². The Hall–Kier alpha value is -1.70. The van der Waals surface area contributed by atoms with E-state index in [9.17, 15) is 13.2 Å². The highest BCUT2D eigenvalue weighted by molar-refractivity contribution is 9.10. The van der Waals surface area contributed by atoms with Crippen LogP contribution in [0.25, 0.3) is 0 Å². The summed E-state index contributed by atoms with van der Waals surface area (Å²) < 4.78 is 27.9. The van der Waals surface area contributed by atoms with Gasteiger partial charge in [0.25, 0.3) is 0 Å². The topological polar surface area (TPSA) is 66.5 Å². The number of halogens is 1. The molecule has 7 heteroatoms. The first kappa shape index (κ1) is 23.0. The van der Waals surface area contributed by atoms with Gasteiger partial charge in [-0.05, 0) is 62.4 Å². The van der Waals surface area contributed by atoms with Gasteiger partial charge in [-0.3, -0.25) is 4.79 Å². The molecule has 0 aromatic heterocycles. The van der Waals surface area contributed by atoms with Crippen molar-refractivity contribution in [2.45, 2.75) is 45.4 Å². The number of sulfonamides is 1. The van der Waals surface area contributed by atoms with Crippen LogP contribution in [-0.2, 0) is 20.6 Å². The summed E-state index contributed by atoms with van der Waals surface area (Å²) in [6, 6.07) is 13.5. The van der Waals surface area contributed by atoms with Gasteiger partial charge in [-0.25, -0.2) is 12.7 Å². The Morgan fingerprint density at radius 3 is 2.50 bits per heavy atom. The van der Waals surface area contributed by atoms with Crippen LogP contribution in [0, 0.1) is 19.8 Å². The molecule has 3 rings (SSSR count). The summed E-state index contributed by atoms with van der Waals surface area (Å²) in [6.45, 7) is 6.87. The van der Waals surface area contributed by atoms with E-state index in [0.29, 0.717) is 25.9 Å². The number of amides is 1. The molecule has 1 aliphatic heterocycles. The van der Waals surface area contributed by atoms with E-state index in [0.717, 1.165) is 21.2 Å². The monoisotopic (exact) mass is 492 g/mol. The van der Waals surface area contributed by atoms with Gasteiger partial charge in [0.1, 0.15) is 0 Å². The molecule has 0 aliphatic carbocycles. The van der Waals surface area contributed by atoms with Gasteiger partial charge in [-0.15, -0.1) is 0 Å². The molecule has 2 aromatic rings. The van der Waals surface area contributed by atoms with E-state index < -0.39 is 10.0 Å². The van der Waals surface area contributed by atoms with E-state index in [4.69, 9.17) is 0 Å². The first-order valence-electron chi connectivity index (χ1n) is 10.3. The van der Waals surface area contributed by atoms with Gasteiger partial charge in [-0.1, -0.05) is 51.8 Å². The van der Waals surface area contributed by atoms with E-state index in [1.807, 2.05) is 31.2 Å². The third-order valence-corrected chi connectivity index (χ3v) is 8.05. The summed E-state index contributed by atoms with van der Waals surface area (Å²) in [5.74, 6) is -0.172. The van der Waals surface area contributed by atoms with Crippen LogP contribution in [-0.4, -0.2) is 31.7 Å². The molecule has 1 heterocycles. The first-order chi connectivity index (χ1) is 14.2. The zero-order valence-electron chi connectivity index (χ0n) is 17.7. The molecular formula is C23H29BrN2O3S. The fourth-order valence-electron chi connectivity index (χ4n) is 4.05. The van der Waals surface area contributed by atoms with E-state index in [-0.39, 0.29) is 23.6 Å². The van der Waals surface area contributed by atoms with Crippen molar-refractivity contribution >= 4 is 31.9 Å². The number of hydrogen-bond donors (Lipinski definition) is 1. The number of piperidine rings is 1. The highest BCUT2D eigenvalue weighted by Gasteiger charge is 2.31. The number of benzene rings is 2. The highest BCUT2D eigenvalue weighted by Crippen LogP contribution is 2.25. The SMILES string of the molecule is Cc1ccc(C(C)NC(=O)C2CCN(S(=O)(=O)Cc3cccc(Br)c3)CC2)c(C)c1. The molecular weight excluding hydrogens is 464 g/mol. The summed E-state index contributed by atoms with van der Waals surface area (Å²) in [7, 11) is -3.40. The number of nitrogens with zero attached hydrogens (tertiary/aromatic N) is 1. The van der Waals surface area contributed by atoms with Crippen LogP contribution in [0.2, 0.25) is 0 Å². The highest BCUT2D eigenvalue weighted by atomic mass is 79.9. The Morgan fingerprint density at radius 2 is 1.87 bits per heavy atom. The van der Waals surface area contributed by atoms with Gasteiger partial charge >= 0.3 is 0 Å². The number of carbonyl (C=O) groups excluding carboxylic acids is 1. The summed E-state index contributed by atoms with van der Waals surface area (Å²) in [4.78, 5) is 12.8. The molecule has 0 saturated carbocycles. The fourth-order valence-corrected chi connectivity index (χ4v) is 6.04. The van der Waals surface area contributed by atoms with E-state index in [1.54, 1.807) is 0 Å². The van der Waals surface area contributed by atoms with Crippen LogP contribution in [0.3, 0.4) is 0 Å². The van der Waals surface area contributed by atoms with Crippen molar-refractivity contribution in [3.63, 3.8) is 0 Å². The molecule has 1 fully saturated rings. The molecule has 162 valence electrons. The van der Waals surface area contributed by atoms with Crippen LogP contribution >= 0.6 is 15.9 Å². The molecule has 30 heavy (non-hydrogen) atoms. The Balaban J connectivity index is 1.56. The minimum absolute atomic E-state index is 0.00603. The van der Waals surface area contributed by atoms with Gasteiger partial charge in [-0.2, -0.15) is 0 Å². The third-order valence-electron chi connectivity index (χ3n) is 5.71. The van der Waals surface area contributed by atoms with Gasteiger partial charge in [0.05, 0.1) is 11.8 Å². The quantitative estimate of drug-likeness (QED) is 0.645. The predicted molar refractivity (Wildman–Crippen MR) is 124 cm³/mol. The van der Waals surface area contributed by atoms with Crippen LogP contribution in [0.15, 0.2) is 46.9 Å². The zero-order valence-corrected chi connectivity index (χ0v) is 20.1. The number of rotatable bonds is 6. The minimum Gasteiger partial charge on any atom is -0.349 e. The maximum Gasteiger partial charge on any atom is 0.223 e. The number of aryl methyl sites for hydroxylation is 2. The third kappa shape index (κ3) is 5.71. The second kappa shape index (κ2) is 9.62. The van der Waals surface area contributed by atoms with Crippen LogP contribution < -0.4 is 5.32 Å². The second-order valence-corrected chi connectivity index (χ2v) is 11.0. The molecule has 1 unspecified atom stereocenters. The van der Waals surface area contributed by atoms with E-state index >= 15 is 0 Å². The average molecular weight is 493 g/mol. The van der Waals surface area contributed by atoms with Crippen molar-refractivity contribution in [2.75, 3.05) is 13.1 Å². The lowest BCUT2D eigenvalue weighted by Gasteiger charge is -2.31. The Morgan fingerprint density at radius 1 is 1.17 bits per heavy atom. The van der Waals surface area contributed by atoms with Crippen LogP contribution in [0.4, 0.5) is 0 Å². The molecule has 1 atom stereocenters. The van der Waals surface area contributed by atoms with E-state index in [1.165, 1.54) is 9.87 Å². The maximum atomic E-state index is 12.8. The second-order valence-electron chi connectivity index (χ2n) is 8.15. The molecule has 0 radical (unpaired) electrons. The maximum absolute atomic E-state index is 12.8. The number of nitrogens with one attached hydrogen (secondary N) is 1. The summed E-state index contributed by atoms with van der Waals surface area (Å²) >= 11 is 3.38. The van der Waals surface area contributed by atoms with Crippen molar-refractivity contribution < 1.29 is 13.2 Å². The smallest absolute Gasteiger partial charge is 0.223 e. The van der Waals surface area contributed by atoms with Crippen LogP contribution in [0.5, 0.6) is 0 Å². The minimum atomic E-state index is -3.40. The number of hydrogen-bond acceptors (Lipinski definition) is 3. The first-order valence-corrected chi connectivity index (χ1v) is 12.7. The van der Waals surface area contributed by atoms with Gasteiger partial charge in [0.2, 0.25) is 15.9 Å². The number of carbonyl (C=O) groups is 1. The predicted octanol–water partition coefficient (Wildman–Crippen LogP) is 4.49. The van der Waals surface area contributed by atoms with Crippen molar-refractivity contribution in [2.24, 2.45) is 5.92 Å². The molecule has 1 saturated heterocycles. The summed E-state index contributed by atoms with van der Waals surface area (Å²) in [6.07, 6.45) is 1.09. The van der Waals surface area contributed by atoms with Crippen molar-refractivity contribution in [3.05, 3.63) is 69.2 Å². The lowest BCUT2D eigenvalue weighted by Crippen LogP contribution is -2.43. The largest absolute Gasteiger partial charge is 0.349 e. The molecule has 1 aliphatic rings. The van der Waals surface area contributed by atoms with E-state index in [2.05, 4.69) is 53.3 Å². The zero-order chi connectivity index (χ0) is 21.9. The molecule has 0 bridgehead atoms. The fraction of sp³-hybridized carbons (Fsp3) is 0.435. The molecule has 1 N–H and O–H groups in total. The Labute approximate surface area is 188 Å².